The Morgan fingerprint density at radius 3 is 2.33 bits per heavy atom. The van der Waals surface area contributed by atoms with Crippen LogP contribution in [0.3, 0.4) is 0 Å². The number of ether oxygens (including phenoxy) is 1. The molecule has 1 aromatic rings. The highest BCUT2D eigenvalue weighted by Gasteiger charge is 2.31. The number of morpholine rings is 1. The van der Waals surface area contributed by atoms with E-state index < -0.39 is 0 Å². The van der Waals surface area contributed by atoms with Crippen LogP contribution in [0, 0.1) is 0 Å². The molecule has 3 nitrogen and oxygen atoms in total. The Hall–Kier alpha value is -0.520. The molecule has 1 amide bonds. The second-order valence-electron chi connectivity index (χ2n) is 6.10. The molecule has 1 heterocycles. The monoisotopic (exact) mass is 371 g/mol. The maximum Gasteiger partial charge on any atom is 0.240 e. The van der Waals surface area contributed by atoms with Crippen LogP contribution in [0.15, 0.2) is 28.7 Å². The first-order chi connectivity index (χ1) is 9.87. The Bertz CT molecular complexity index is 478. The van der Waals surface area contributed by atoms with Gasteiger partial charge in [0.2, 0.25) is 5.91 Å². The van der Waals surface area contributed by atoms with Gasteiger partial charge < -0.3 is 9.64 Å². The van der Waals surface area contributed by atoms with Gasteiger partial charge in [-0.15, -0.1) is 11.8 Å². The third-order valence-corrected chi connectivity index (χ3v) is 5.14. The van der Waals surface area contributed by atoms with Crippen LogP contribution in [0.1, 0.15) is 31.6 Å². The number of benzene rings is 1. The minimum Gasteiger partial charge on any atom is -0.378 e. The average Bonchev–Trinajstić information content (AvgIpc) is 2.45. The predicted molar refractivity (Wildman–Crippen MR) is 91.6 cm³/mol. The molecule has 1 aliphatic heterocycles. The summed E-state index contributed by atoms with van der Waals surface area (Å²) in [5.74, 6) is 0.195. The molecule has 5 heteroatoms. The van der Waals surface area contributed by atoms with Crippen molar-refractivity contribution in [3.8, 4) is 0 Å². The number of thioether (sulfide) groups is 1. The van der Waals surface area contributed by atoms with Gasteiger partial charge in [0.15, 0.2) is 0 Å². The summed E-state index contributed by atoms with van der Waals surface area (Å²) in [5.41, 5.74) is 1.06. The zero-order valence-corrected chi connectivity index (χ0v) is 15.2. The van der Waals surface area contributed by atoms with Crippen LogP contribution in [0.5, 0.6) is 0 Å². The third-order valence-electron chi connectivity index (χ3n) is 3.19. The number of halogens is 1. The molecule has 2 rings (SSSR count). The summed E-state index contributed by atoms with van der Waals surface area (Å²) in [6.07, 6.45) is 0. The van der Waals surface area contributed by atoms with Crippen molar-refractivity contribution in [3.05, 3.63) is 34.3 Å². The second kappa shape index (κ2) is 7.16. The van der Waals surface area contributed by atoms with Gasteiger partial charge in [0, 0.05) is 22.3 Å². The van der Waals surface area contributed by atoms with E-state index in [1.54, 1.807) is 11.8 Å². The summed E-state index contributed by atoms with van der Waals surface area (Å²) < 4.78 is 6.40. The molecule has 116 valence electrons. The first-order valence-electron chi connectivity index (χ1n) is 7.17. The van der Waals surface area contributed by atoms with Crippen LogP contribution in [-0.4, -0.2) is 41.9 Å². The van der Waals surface area contributed by atoms with Gasteiger partial charge in [0.1, 0.15) is 5.25 Å². The second-order valence-corrected chi connectivity index (χ2v) is 8.95. The van der Waals surface area contributed by atoms with E-state index in [9.17, 15) is 4.79 Å². The average molecular weight is 372 g/mol. The number of hydrogen-bond acceptors (Lipinski definition) is 3. The van der Waals surface area contributed by atoms with Crippen molar-refractivity contribution in [2.45, 2.75) is 30.8 Å². The number of carbonyl (C=O) groups is 1. The molecule has 1 saturated heterocycles. The minimum absolute atomic E-state index is 0.0275. The highest BCUT2D eigenvalue weighted by Crippen LogP contribution is 2.40. The van der Waals surface area contributed by atoms with E-state index >= 15 is 0 Å². The molecule has 1 atom stereocenters. The fourth-order valence-electron chi connectivity index (χ4n) is 2.20. The highest BCUT2D eigenvalue weighted by atomic mass is 79.9. The quantitative estimate of drug-likeness (QED) is 0.807. The summed E-state index contributed by atoms with van der Waals surface area (Å²) in [4.78, 5) is 14.8. The molecule has 0 spiro atoms. The third kappa shape index (κ3) is 5.01. The zero-order valence-electron chi connectivity index (χ0n) is 12.8. The SMILES string of the molecule is CC(C)(C)SC(C(=O)N1CCOCC1)c1ccc(Br)cc1. The van der Waals surface area contributed by atoms with Crippen LogP contribution in [-0.2, 0) is 9.53 Å². The Morgan fingerprint density at radius 2 is 1.81 bits per heavy atom. The van der Waals surface area contributed by atoms with Crippen LogP contribution < -0.4 is 0 Å². The number of hydrogen-bond donors (Lipinski definition) is 0. The zero-order chi connectivity index (χ0) is 15.5. The molecular formula is C16H22BrNO2S. The van der Waals surface area contributed by atoms with Gasteiger partial charge in [-0.1, -0.05) is 48.8 Å². The van der Waals surface area contributed by atoms with Crippen LogP contribution >= 0.6 is 27.7 Å². The molecule has 0 aromatic heterocycles. The van der Waals surface area contributed by atoms with Gasteiger partial charge in [-0.2, -0.15) is 0 Å². The largest absolute Gasteiger partial charge is 0.378 e. The van der Waals surface area contributed by atoms with Gasteiger partial charge in [-0.05, 0) is 17.7 Å². The van der Waals surface area contributed by atoms with E-state index in [4.69, 9.17) is 4.74 Å². The molecule has 1 unspecified atom stereocenters. The van der Waals surface area contributed by atoms with Crippen LogP contribution in [0.25, 0.3) is 0 Å². The molecule has 1 aromatic carbocycles. The van der Waals surface area contributed by atoms with Gasteiger partial charge in [-0.3, -0.25) is 4.79 Å². The molecular weight excluding hydrogens is 350 g/mol. The van der Waals surface area contributed by atoms with Crippen LogP contribution in [0.2, 0.25) is 0 Å². The molecule has 1 fully saturated rings. The van der Waals surface area contributed by atoms with Gasteiger partial charge >= 0.3 is 0 Å². The number of amides is 1. The van der Waals surface area contributed by atoms with Crippen molar-refractivity contribution in [2.75, 3.05) is 26.3 Å². The highest BCUT2D eigenvalue weighted by molar-refractivity contribution is 9.10. The molecule has 0 N–H and O–H groups in total. The number of carbonyl (C=O) groups excluding carboxylic acids is 1. The maximum absolute atomic E-state index is 12.9. The molecule has 1 aliphatic rings. The lowest BCUT2D eigenvalue weighted by molar-refractivity contribution is -0.134. The molecule has 0 radical (unpaired) electrons. The molecule has 0 saturated carbocycles. The van der Waals surface area contributed by atoms with Crippen molar-refractivity contribution >= 4 is 33.6 Å². The minimum atomic E-state index is -0.156. The fraction of sp³-hybridized carbons (Fsp3) is 0.562. The summed E-state index contributed by atoms with van der Waals surface area (Å²) in [7, 11) is 0. The van der Waals surface area contributed by atoms with Crippen molar-refractivity contribution < 1.29 is 9.53 Å². The van der Waals surface area contributed by atoms with E-state index in [1.165, 1.54) is 0 Å². The fourth-order valence-corrected chi connectivity index (χ4v) is 3.72. The molecule has 0 bridgehead atoms. The molecule has 21 heavy (non-hydrogen) atoms. The van der Waals surface area contributed by atoms with Crippen molar-refractivity contribution in [1.82, 2.24) is 4.90 Å². The van der Waals surface area contributed by atoms with Gasteiger partial charge in [0.05, 0.1) is 13.2 Å². The van der Waals surface area contributed by atoms with E-state index in [1.807, 2.05) is 29.2 Å². The first kappa shape index (κ1) is 16.8. The number of rotatable bonds is 3. The maximum atomic E-state index is 12.9. The Kier molecular flexibility index (Phi) is 5.74. The van der Waals surface area contributed by atoms with Gasteiger partial charge in [-0.25, -0.2) is 0 Å². The Balaban J connectivity index is 2.22. The summed E-state index contributed by atoms with van der Waals surface area (Å²) in [5, 5.41) is -0.156. The Morgan fingerprint density at radius 1 is 1.24 bits per heavy atom. The lowest BCUT2D eigenvalue weighted by Crippen LogP contribution is -2.43. The van der Waals surface area contributed by atoms with E-state index in [2.05, 4.69) is 36.7 Å². The van der Waals surface area contributed by atoms with Crippen molar-refractivity contribution in [2.24, 2.45) is 0 Å². The van der Waals surface area contributed by atoms with E-state index in [-0.39, 0.29) is 15.9 Å². The smallest absolute Gasteiger partial charge is 0.240 e. The first-order valence-corrected chi connectivity index (χ1v) is 8.84. The van der Waals surface area contributed by atoms with Crippen molar-refractivity contribution in [3.63, 3.8) is 0 Å². The summed E-state index contributed by atoms with van der Waals surface area (Å²) in [6.45, 7) is 9.10. The normalized spacial score (nSPS) is 17.6. The van der Waals surface area contributed by atoms with E-state index in [0.29, 0.717) is 26.3 Å². The lowest BCUT2D eigenvalue weighted by Gasteiger charge is -2.33. The van der Waals surface area contributed by atoms with E-state index in [0.717, 1.165) is 10.0 Å². The standard InChI is InChI=1S/C16H22BrNO2S/c1-16(2,3)21-14(12-4-6-13(17)7-5-12)15(19)18-8-10-20-11-9-18/h4-7,14H,8-11H2,1-3H3. The molecule has 0 aliphatic carbocycles. The van der Waals surface area contributed by atoms with Crippen LogP contribution in [0.4, 0.5) is 0 Å². The number of nitrogens with zero attached hydrogens (tertiary/aromatic N) is 1. The van der Waals surface area contributed by atoms with Gasteiger partial charge in [0.25, 0.3) is 0 Å². The lowest BCUT2D eigenvalue weighted by atomic mass is 10.1. The van der Waals surface area contributed by atoms with Crippen molar-refractivity contribution in [1.29, 1.82) is 0 Å². The summed E-state index contributed by atoms with van der Waals surface area (Å²) >= 11 is 5.17. The topological polar surface area (TPSA) is 29.5 Å². The predicted octanol–water partition coefficient (Wildman–Crippen LogP) is 3.88. The Labute approximate surface area is 139 Å². The summed E-state index contributed by atoms with van der Waals surface area (Å²) in [6, 6.07) is 8.06.